The van der Waals surface area contributed by atoms with Crippen LogP contribution >= 0.6 is 0 Å². The van der Waals surface area contributed by atoms with Gasteiger partial charge in [-0.2, -0.15) is 0 Å². The first kappa shape index (κ1) is 20.9. The molecule has 0 saturated heterocycles. The first-order chi connectivity index (χ1) is 14.2. The highest BCUT2D eigenvalue weighted by molar-refractivity contribution is 5.86. The molecule has 2 aromatic carbocycles. The van der Waals surface area contributed by atoms with Gasteiger partial charge in [0, 0.05) is 29.7 Å². The van der Waals surface area contributed by atoms with Gasteiger partial charge in [0.1, 0.15) is 0 Å². The molecule has 0 fully saturated rings. The van der Waals surface area contributed by atoms with E-state index in [4.69, 9.17) is 28.7 Å². The van der Waals surface area contributed by atoms with E-state index in [1.165, 1.54) is 0 Å². The zero-order valence-electron chi connectivity index (χ0n) is 17.5. The summed E-state index contributed by atoms with van der Waals surface area (Å²) in [6.45, 7) is 4.99. The van der Waals surface area contributed by atoms with E-state index in [0.29, 0.717) is 30.5 Å². The van der Waals surface area contributed by atoms with Crippen LogP contribution in [0.25, 0.3) is 22.2 Å². The average molecular weight is 397 g/mol. The summed E-state index contributed by atoms with van der Waals surface area (Å²) in [5.74, 6) is 1.69. The third-order valence-electron chi connectivity index (χ3n) is 4.60. The van der Waals surface area contributed by atoms with Crippen LogP contribution in [0.3, 0.4) is 0 Å². The molecule has 0 aliphatic carbocycles. The van der Waals surface area contributed by atoms with E-state index >= 15 is 0 Å². The normalized spacial score (nSPS) is 11.1. The average Bonchev–Trinajstić information content (AvgIpc) is 2.77. The second kappa shape index (κ2) is 9.58. The molecule has 1 heterocycles. The van der Waals surface area contributed by atoms with Gasteiger partial charge in [0.2, 0.25) is 5.75 Å². The lowest BCUT2D eigenvalue weighted by Crippen LogP contribution is -2.10. The molecule has 3 rings (SSSR count). The minimum absolute atomic E-state index is 0.473. The SMILES string of the molecule is CCOC(OCC)c1cc(-c2cc(OC)c(OC)c(OC)c2)nc2ccccc12. The van der Waals surface area contributed by atoms with Gasteiger partial charge in [-0.05, 0) is 38.1 Å². The maximum atomic E-state index is 5.87. The molecule has 0 N–H and O–H groups in total. The third-order valence-corrected chi connectivity index (χ3v) is 4.60. The number of rotatable bonds is 9. The highest BCUT2D eigenvalue weighted by Crippen LogP contribution is 2.41. The Kier molecular flexibility index (Phi) is 6.90. The zero-order chi connectivity index (χ0) is 20.8. The second-order valence-corrected chi connectivity index (χ2v) is 6.27. The van der Waals surface area contributed by atoms with Crippen LogP contribution in [0.4, 0.5) is 0 Å². The van der Waals surface area contributed by atoms with E-state index in [0.717, 1.165) is 27.7 Å². The van der Waals surface area contributed by atoms with Gasteiger partial charge >= 0.3 is 0 Å². The highest BCUT2D eigenvalue weighted by Gasteiger charge is 2.20. The van der Waals surface area contributed by atoms with Crippen LogP contribution in [0.1, 0.15) is 25.7 Å². The molecule has 6 heteroatoms. The smallest absolute Gasteiger partial charge is 0.203 e. The Bertz CT molecular complexity index is 942. The molecular formula is C23H27NO5. The number of fused-ring (bicyclic) bond motifs is 1. The predicted molar refractivity (Wildman–Crippen MR) is 113 cm³/mol. The summed E-state index contributed by atoms with van der Waals surface area (Å²) in [4.78, 5) is 4.85. The largest absolute Gasteiger partial charge is 0.493 e. The van der Waals surface area contributed by atoms with E-state index < -0.39 is 6.29 Å². The molecule has 0 unspecified atom stereocenters. The van der Waals surface area contributed by atoms with Crippen molar-refractivity contribution < 1.29 is 23.7 Å². The van der Waals surface area contributed by atoms with E-state index in [1.807, 2.05) is 56.3 Å². The van der Waals surface area contributed by atoms with Gasteiger partial charge < -0.3 is 23.7 Å². The van der Waals surface area contributed by atoms with Gasteiger partial charge in [0.05, 0.1) is 32.5 Å². The van der Waals surface area contributed by atoms with Crippen molar-refractivity contribution in [1.29, 1.82) is 0 Å². The summed E-state index contributed by atoms with van der Waals surface area (Å²) in [5, 5.41) is 0.996. The number of aromatic nitrogens is 1. The Morgan fingerprint density at radius 1 is 0.828 bits per heavy atom. The molecule has 0 bridgehead atoms. The van der Waals surface area contributed by atoms with Crippen molar-refractivity contribution in [1.82, 2.24) is 4.98 Å². The molecule has 0 radical (unpaired) electrons. The lowest BCUT2D eigenvalue weighted by molar-refractivity contribution is -0.139. The molecule has 154 valence electrons. The zero-order valence-corrected chi connectivity index (χ0v) is 17.5. The van der Waals surface area contributed by atoms with Crippen LogP contribution in [0.15, 0.2) is 42.5 Å². The van der Waals surface area contributed by atoms with Crippen molar-refractivity contribution in [2.24, 2.45) is 0 Å². The lowest BCUT2D eigenvalue weighted by Gasteiger charge is -2.20. The fourth-order valence-corrected chi connectivity index (χ4v) is 3.30. The van der Waals surface area contributed by atoms with Crippen LogP contribution in [-0.2, 0) is 9.47 Å². The molecule has 0 atom stereocenters. The van der Waals surface area contributed by atoms with Crippen LogP contribution < -0.4 is 14.2 Å². The maximum absolute atomic E-state index is 5.87. The summed E-state index contributed by atoms with van der Waals surface area (Å²) in [7, 11) is 4.78. The first-order valence-corrected chi connectivity index (χ1v) is 9.60. The first-order valence-electron chi connectivity index (χ1n) is 9.60. The quantitative estimate of drug-likeness (QED) is 0.474. The third kappa shape index (κ3) is 4.28. The Labute approximate surface area is 171 Å². The van der Waals surface area contributed by atoms with E-state index in [-0.39, 0.29) is 0 Å². The van der Waals surface area contributed by atoms with Gasteiger partial charge in [0.15, 0.2) is 17.8 Å². The molecular weight excluding hydrogens is 370 g/mol. The fourth-order valence-electron chi connectivity index (χ4n) is 3.30. The van der Waals surface area contributed by atoms with Crippen molar-refractivity contribution in [3.05, 3.63) is 48.0 Å². The van der Waals surface area contributed by atoms with Crippen LogP contribution in [-0.4, -0.2) is 39.5 Å². The number of benzene rings is 2. The highest BCUT2D eigenvalue weighted by atomic mass is 16.7. The van der Waals surface area contributed by atoms with Crippen molar-refractivity contribution in [3.63, 3.8) is 0 Å². The van der Waals surface area contributed by atoms with Crippen LogP contribution in [0.2, 0.25) is 0 Å². The Hall–Kier alpha value is -2.83. The molecule has 3 aromatic rings. The van der Waals surface area contributed by atoms with Gasteiger partial charge in [-0.3, -0.25) is 0 Å². The number of hydrogen-bond donors (Lipinski definition) is 0. The van der Waals surface area contributed by atoms with Gasteiger partial charge in [0.25, 0.3) is 0 Å². The number of methoxy groups -OCH3 is 3. The summed E-state index contributed by atoms with van der Waals surface area (Å²) >= 11 is 0. The molecule has 1 aromatic heterocycles. The summed E-state index contributed by atoms with van der Waals surface area (Å²) in [6, 6.07) is 13.7. The molecule has 29 heavy (non-hydrogen) atoms. The van der Waals surface area contributed by atoms with Crippen molar-refractivity contribution in [2.75, 3.05) is 34.5 Å². The minimum atomic E-state index is -0.473. The van der Waals surface area contributed by atoms with Crippen molar-refractivity contribution in [3.8, 4) is 28.5 Å². The van der Waals surface area contributed by atoms with Gasteiger partial charge in [-0.1, -0.05) is 18.2 Å². The Morgan fingerprint density at radius 3 is 2.00 bits per heavy atom. The van der Waals surface area contributed by atoms with Gasteiger partial charge in [-0.15, -0.1) is 0 Å². The van der Waals surface area contributed by atoms with Crippen LogP contribution in [0.5, 0.6) is 17.2 Å². The molecule has 0 saturated carbocycles. The number of pyridine rings is 1. The van der Waals surface area contributed by atoms with E-state index in [1.54, 1.807) is 21.3 Å². The standard InChI is InChI=1S/C23H27NO5/c1-6-28-23(29-7-2)17-14-19(24-18-11-9-8-10-16(17)18)15-12-20(25-3)22(27-5)21(13-15)26-4/h8-14,23H,6-7H2,1-5H3. The molecule has 0 aliphatic heterocycles. The molecule has 0 amide bonds. The maximum Gasteiger partial charge on any atom is 0.203 e. The minimum Gasteiger partial charge on any atom is -0.493 e. The fraction of sp³-hybridized carbons (Fsp3) is 0.348. The molecule has 0 spiro atoms. The van der Waals surface area contributed by atoms with Crippen molar-refractivity contribution >= 4 is 10.9 Å². The molecule has 0 aliphatic rings. The van der Waals surface area contributed by atoms with Gasteiger partial charge in [-0.25, -0.2) is 4.98 Å². The Balaban J connectivity index is 2.23. The lowest BCUT2D eigenvalue weighted by atomic mass is 10.0. The number of ether oxygens (including phenoxy) is 5. The summed E-state index contributed by atoms with van der Waals surface area (Å²) in [6.07, 6.45) is -0.473. The predicted octanol–water partition coefficient (Wildman–Crippen LogP) is 5.00. The number of nitrogens with zero attached hydrogens (tertiary/aromatic N) is 1. The number of hydrogen-bond acceptors (Lipinski definition) is 6. The monoisotopic (exact) mass is 397 g/mol. The summed E-state index contributed by atoms with van der Waals surface area (Å²) < 4.78 is 28.2. The number of para-hydroxylation sites is 1. The topological polar surface area (TPSA) is 59.0 Å². The van der Waals surface area contributed by atoms with Crippen LogP contribution in [0, 0.1) is 0 Å². The van der Waals surface area contributed by atoms with Crippen molar-refractivity contribution in [2.45, 2.75) is 20.1 Å². The Morgan fingerprint density at radius 2 is 1.45 bits per heavy atom. The molecule has 6 nitrogen and oxygen atoms in total. The second-order valence-electron chi connectivity index (χ2n) is 6.27. The van der Waals surface area contributed by atoms with E-state index in [2.05, 4.69) is 0 Å². The summed E-state index contributed by atoms with van der Waals surface area (Å²) in [5.41, 5.74) is 3.40. The van der Waals surface area contributed by atoms with E-state index in [9.17, 15) is 0 Å².